The summed E-state index contributed by atoms with van der Waals surface area (Å²) < 4.78 is 23.4. The Balaban J connectivity index is 1.90. The number of nitrogens with zero attached hydrogens (tertiary/aromatic N) is 4. The summed E-state index contributed by atoms with van der Waals surface area (Å²) >= 11 is 0. The van der Waals surface area contributed by atoms with E-state index in [9.17, 15) is 18.5 Å². The monoisotopic (exact) mass is 428 g/mol. The molecular weight excluding hydrogens is 408 g/mol. The zero-order chi connectivity index (χ0) is 22.1. The molecule has 11 heteroatoms. The summed E-state index contributed by atoms with van der Waals surface area (Å²) in [4.78, 5) is 21.0. The van der Waals surface area contributed by atoms with E-state index in [2.05, 4.69) is 15.3 Å². The van der Waals surface area contributed by atoms with E-state index in [1.807, 2.05) is 0 Å². The van der Waals surface area contributed by atoms with E-state index >= 15 is 0 Å². The van der Waals surface area contributed by atoms with E-state index in [4.69, 9.17) is 5.14 Å². The van der Waals surface area contributed by atoms with Crippen LogP contribution in [-0.2, 0) is 10.0 Å². The molecule has 0 amide bonds. The highest BCUT2D eigenvalue weighted by atomic mass is 32.2. The molecule has 0 radical (unpaired) electrons. The van der Waals surface area contributed by atoms with Crippen molar-refractivity contribution in [2.75, 3.05) is 17.3 Å². The molecule has 0 aliphatic heterocycles. The van der Waals surface area contributed by atoms with Gasteiger partial charge in [0.15, 0.2) is 0 Å². The van der Waals surface area contributed by atoms with Crippen molar-refractivity contribution in [2.24, 2.45) is 5.14 Å². The van der Waals surface area contributed by atoms with Crippen LogP contribution in [0.4, 0.5) is 28.8 Å². The fraction of sp³-hybridized carbons (Fsp3) is 0.158. The van der Waals surface area contributed by atoms with E-state index < -0.39 is 14.9 Å². The number of nitro benzene ring substituents is 1. The van der Waals surface area contributed by atoms with Crippen molar-refractivity contribution in [3.63, 3.8) is 0 Å². The number of hydrogen-bond acceptors (Lipinski definition) is 8. The first-order chi connectivity index (χ1) is 14.1. The molecule has 3 rings (SSSR count). The summed E-state index contributed by atoms with van der Waals surface area (Å²) in [6, 6.07) is 11.3. The molecule has 0 saturated heterocycles. The molecule has 3 aromatic rings. The lowest BCUT2D eigenvalue weighted by molar-refractivity contribution is -0.385. The SMILES string of the molecule is Cc1ccc(N(C)c2ccnc(Nc3ccc(C)c(S(N)(=O)=O)c3)n2)cc1[N+](=O)[O-]. The van der Waals surface area contributed by atoms with Crippen molar-refractivity contribution < 1.29 is 13.3 Å². The van der Waals surface area contributed by atoms with Gasteiger partial charge >= 0.3 is 0 Å². The van der Waals surface area contributed by atoms with Crippen LogP contribution in [0.25, 0.3) is 0 Å². The Kier molecular flexibility index (Phi) is 5.67. The number of nitrogens with one attached hydrogen (secondary N) is 1. The van der Waals surface area contributed by atoms with Gasteiger partial charge in [0.25, 0.3) is 5.69 Å². The van der Waals surface area contributed by atoms with Gasteiger partial charge in [-0.2, -0.15) is 4.98 Å². The highest BCUT2D eigenvalue weighted by Crippen LogP contribution is 2.29. The van der Waals surface area contributed by atoms with Crippen LogP contribution in [0.1, 0.15) is 11.1 Å². The normalized spacial score (nSPS) is 11.2. The molecule has 10 nitrogen and oxygen atoms in total. The van der Waals surface area contributed by atoms with Gasteiger partial charge in [0.1, 0.15) is 5.82 Å². The van der Waals surface area contributed by atoms with E-state index in [1.165, 1.54) is 18.3 Å². The van der Waals surface area contributed by atoms with E-state index in [0.29, 0.717) is 28.3 Å². The van der Waals surface area contributed by atoms with E-state index in [0.717, 1.165) is 0 Å². The molecule has 30 heavy (non-hydrogen) atoms. The van der Waals surface area contributed by atoms with Gasteiger partial charge in [0.2, 0.25) is 16.0 Å². The van der Waals surface area contributed by atoms with E-state index in [1.54, 1.807) is 56.1 Å². The topological polar surface area (TPSA) is 144 Å². The molecule has 0 bridgehead atoms. The second-order valence-electron chi connectivity index (χ2n) is 6.68. The minimum Gasteiger partial charge on any atom is -0.329 e. The molecule has 156 valence electrons. The van der Waals surface area contributed by atoms with Gasteiger partial charge in [-0.3, -0.25) is 10.1 Å². The molecule has 2 aromatic carbocycles. The van der Waals surface area contributed by atoms with Crippen molar-refractivity contribution >= 4 is 38.9 Å². The predicted octanol–water partition coefficient (Wildman–Crippen LogP) is 3.16. The Labute approximate surface area is 173 Å². The lowest BCUT2D eigenvalue weighted by Crippen LogP contribution is -2.14. The average Bonchev–Trinajstić information content (AvgIpc) is 2.68. The first kappa shape index (κ1) is 21.1. The van der Waals surface area contributed by atoms with Crippen molar-refractivity contribution in [1.82, 2.24) is 9.97 Å². The minimum absolute atomic E-state index is 0.00716. The summed E-state index contributed by atoms with van der Waals surface area (Å²) in [5.41, 5.74) is 2.15. The number of sulfonamides is 1. The summed E-state index contributed by atoms with van der Waals surface area (Å²) in [6.45, 7) is 3.32. The maximum atomic E-state index is 11.7. The summed E-state index contributed by atoms with van der Waals surface area (Å²) in [5, 5.41) is 19.4. The van der Waals surface area contributed by atoms with Crippen molar-refractivity contribution in [2.45, 2.75) is 18.7 Å². The van der Waals surface area contributed by atoms with Crippen LogP contribution in [0.3, 0.4) is 0 Å². The minimum atomic E-state index is -3.86. The number of benzene rings is 2. The molecule has 1 heterocycles. The van der Waals surface area contributed by atoms with Crippen molar-refractivity contribution in [3.8, 4) is 0 Å². The molecule has 0 unspecified atom stereocenters. The third-order valence-electron chi connectivity index (χ3n) is 4.51. The van der Waals surface area contributed by atoms with Crippen LogP contribution >= 0.6 is 0 Å². The third kappa shape index (κ3) is 4.53. The maximum Gasteiger partial charge on any atom is 0.274 e. The summed E-state index contributed by atoms with van der Waals surface area (Å²) in [5.74, 6) is 0.717. The highest BCUT2D eigenvalue weighted by Gasteiger charge is 2.16. The second-order valence-corrected chi connectivity index (χ2v) is 8.21. The lowest BCUT2D eigenvalue weighted by atomic mass is 10.2. The van der Waals surface area contributed by atoms with Crippen LogP contribution in [0, 0.1) is 24.0 Å². The highest BCUT2D eigenvalue weighted by molar-refractivity contribution is 7.89. The smallest absolute Gasteiger partial charge is 0.274 e. The third-order valence-corrected chi connectivity index (χ3v) is 5.56. The molecule has 0 saturated carbocycles. The molecule has 0 fully saturated rings. The Morgan fingerprint density at radius 1 is 1.10 bits per heavy atom. The van der Waals surface area contributed by atoms with Gasteiger partial charge in [-0.1, -0.05) is 12.1 Å². The zero-order valence-electron chi connectivity index (χ0n) is 16.5. The average molecular weight is 428 g/mol. The quantitative estimate of drug-likeness (QED) is 0.450. The van der Waals surface area contributed by atoms with Crippen LogP contribution in [0.2, 0.25) is 0 Å². The molecule has 1 aromatic heterocycles. The van der Waals surface area contributed by atoms with Gasteiger partial charge in [0, 0.05) is 36.2 Å². The Hall–Kier alpha value is -3.57. The Morgan fingerprint density at radius 2 is 1.80 bits per heavy atom. The van der Waals surface area contributed by atoms with Crippen LogP contribution in [-0.4, -0.2) is 30.4 Å². The number of hydrogen-bond donors (Lipinski definition) is 2. The Morgan fingerprint density at radius 3 is 2.47 bits per heavy atom. The number of nitrogens with two attached hydrogens (primary N) is 1. The molecule has 0 aliphatic rings. The Bertz CT molecular complexity index is 1230. The first-order valence-corrected chi connectivity index (χ1v) is 10.3. The molecule has 3 N–H and O–H groups in total. The van der Waals surface area contributed by atoms with Crippen molar-refractivity contribution in [3.05, 3.63) is 69.9 Å². The standard InChI is InChI=1S/C19H20N6O4S/c1-12-5-7-15(11-16(12)25(26)27)24(3)18-8-9-21-19(23-18)22-14-6-4-13(2)17(10-14)30(20,28)29/h4-11H,1-3H3,(H2,20,28,29)(H,21,22,23). The van der Waals surface area contributed by atoms with Gasteiger partial charge in [0.05, 0.1) is 9.82 Å². The molecule has 0 aliphatic carbocycles. The molecular formula is C19H20N6O4S. The van der Waals surface area contributed by atoms with Crippen LogP contribution < -0.4 is 15.4 Å². The first-order valence-electron chi connectivity index (χ1n) is 8.78. The van der Waals surface area contributed by atoms with Crippen molar-refractivity contribution in [1.29, 1.82) is 0 Å². The van der Waals surface area contributed by atoms with Crippen LogP contribution in [0.5, 0.6) is 0 Å². The predicted molar refractivity (Wildman–Crippen MR) is 114 cm³/mol. The lowest BCUT2D eigenvalue weighted by Gasteiger charge is -2.19. The van der Waals surface area contributed by atoms with Crippen LogP contribution in [0.15, 0.2) is 53.6 Å². The number of nitro groups is 1. The summed E-state index contributed by atoms with van der Waals surface area (Å²) in [7, 11) is -2.14. The number of primary sulfonamides is 1. The largest absolute Gasteiger partial charge is 0.329 e. The fourth-order valence-electron chi connectivity index (χ4n) is 2.85. The summed E-state index contributed by atoms with van der Waals surface area (Å²) in [6.07, 6.45) is 1.53. The van der Waals surface area contributed by atoms with E-state index in [-0.39, 0.29) is 16.5 Å². The molecule has 0 spiro atoms. The van der Waals surface area contributed by atoms with Gasteiger partial charge < -0.3 is 10.2 Å². The van der Waals surface area contributed by atoms with Gasteiger partial charge in [-0.25, -0.2) is 18.5 Å². The number of aromatic nitrogens is 2. The fourth-order valence-corrected chi connectivity index (χ4v) is 3.65. The number of anilines is 4. The number of aryl methyl sites for hydroxylation is 2. The number of rotatable bonds is 6. The van der Waals surface area contributed by atoms with Gasteiger partial charge in [-0.05, 0) is 43.7 Å². The zero-order valence-corrected chi connectivity index (χ0v) is 17.3. The maximum absolute atomic E-state index is 11.7. The molecule has 0 atom stereocenters. The second kappa shape index (κ2) is 8.05. The van der Waals surface area contributed by atoms with Gasteiger partial charge in [-0.15, -0.1) is 0 Å².